The third-order valence-corrected chi connectivity index (χ3v) is 5.39. The van der Waals surface area contributed by atoms with Gasteiger partial charge in [0.05, 0.1) is 17.1 Å². The van der Waals surface area contributed by atoms with Crippen LogP contribution < -0.4 is 5.32 Å². The Labute approximate surface area is 155 Å². The number of rotatable bonds is 6. The molecule has 0 bridgehead atoms. The van der Waals surface area contributed by atoms with Crippen LogP contribution in [0.15, 0.2) is 29.2 Å². The maximum absolute atomic E-state index is 12.8. The molecule has 2 rings (SSSR count). The second-order valence-electron chi connectivity index (χ2n) is 5.67. The molecule has 11 heteroatoms. The van der Waals surface area contributed by atoms with Gasteiger partial charge in [-0.2, -0.15) is 8.78 Å². The third-order valence-electron chi connectivity index (χ3n) is 3.95. The summed E-state index contributed by atoms with van der Waals surface area (Å²) in [5.74, 6) is -5.30. The zero-order chi connectivity index (χ0) is 18.6. The summed E-state index contributed by atoms with van der Waals surface area (Å²) < 4.78 is 48.9. The molecule has 0 aromatic heterocycles. The summed E-state index contributed by atoms with van der Waals surface area (Å²) in [6.07, 6.45) is 1.90. The molecular formula is C15H19ClF2N2O5S. The normalized spacial score (nSPS) is 18.2. The van der Waals surface area contributed by atoms with Crippen LogP contribution in [-0.2, 0) is 19.4 Å². The van der Waals surface area contributed by atoms with Crippen molar-refractivity contribution in [2.75, 3.05) is 18.4 Å². The molecule has 0 saturated carbocycles. The fourth-order valence-corrected chi connectivity index (χ4v) is 3.63. The summed E-state index contributed by atoms with van der Waals surface area (Å²) in [6.45, 7) is 0.154. The van der Waals surface area contributed by atoms with Crippen molar-refractivity contribution in [2.24, 2.45) is 0 Å². The molecule has 1 aromatic carbocycles. The quantitative estimate of drug-likeness (QED) is 0.740. The van der Waals surface area contributed by atoms with Gasteiger partial charge < -0.3 is 10.4 Å². The molecule has 0 radical (unpaired) electrons. The molecule has 1 heterocycles. The van der Waals surface area contributed by atoms with Gasteiger partial charge in [-0.15, -0.1) is 12.4 Å². The Morgan fingerprint density at radius 3 is 2.54 bits per heavy atom. The van der Waals surface area contributed by atoms with Crippen molar-refractivity contribution < 1.29 is 31.9 Å². The van der Waals surface area contributed by atoms with E-state index in [1.54, 1.807) is 0 Å². The molecule has 1 aliphatic heterocycles. The number of sulfone groups is 1. The minimum absolute atomic E-state index is 0. The molecule has 0 aliphatic carbocycles. The number of nitrogens with zero attached hydrogens (tertiary/aromatic N) is 1. The number of carboxylic acid groups (broad SMARTS) is 1. The summed E-state index contributed by atoms with van der Waals surface area (Å²) in [6, 6.07) is 4.08. The van der Waals surface area contributed by atoms with Crippen LogP contribution in [0.2, 0.25) is 0 Å². The van der Waals surface area contributed by atoms with Crippen LogP contribution in [0.3, 0.4) is 0 Å². The zero-order valence-electron chi connectivity index (χ0n) is 13.6. The van der Waals surface area contributed by atoms with Crippen molar-refractivity contribution in [2.45, 2.75) is 36.0 Å². The second kappa shape index (κ2) is 9.24. The van der Waals surface area contributed by atoms with E-state index in [9.17, 15) is 31.9 Å². The molecule has 1 fully saturated rings. The highest BCUT2D eigenvalue weighted by molar-refractivity contribution is 7.91. The Morgan fingerprint density at radius 2 is 1.92 bits per heavy atom. The first kappa shape index (κ1) is 22.3. The molecule has 7 nitrogen and oxygen atoms in total. The molecule has 1 unspecified atom stereocenters. The molecule has 1 atom stereocenters. The van der Waals surface area contributed by atoms with Gasteiger partial charge in [-0.05, 0) is 31.5 Å². The minimum Gasteiger partial charge on any atom is -0.480 e. The lowest BCUT2D eigenvalue weighted by Crippen LogP contribution is -2.47. The van der Waals surface area contributed by atoms with Crippen molar-refractivity contribution in [1.82, 2.24) is 4.90 Å². The Kier molecular flexibility index (Phi) is 7.91. The Hall–Kier alpha value is -1.78. The molecule has 146 valence electrons. The smallest absolute Gasteiger partial charge is 0.341 e. The number of aliphatic carboxylic acids is 1. The van der Waals surface area contributed by atoms with Crippen LogP contribution in [0, 0.1) is 0 Å². The molecule has 26 heavy (non-hydrogen) atoms. The predicted molar refractivity (Wildman–Crippen MR) is 92.4 cm³/mol. The fourth-order valence-electron chi connectivity index (χ4n) is 2.75. The van der Waals surface area contributed by atoms with E-state index in [2.05, 4.69) is 5.32 Å². The van der Waals surface area contributed by atoms with Crippen LogP contribution in [-0.4, -0.2) is 55.2 Å². The highest BCUT2D eigenvalue weighted by Crippen LogP contribution is 2.26. The first-order valence-corrected chi connectivity index (χ1v) is 9.16. The molecule has 1 aromatic rings. The highest BCUT2D eigenvalue weighted by atomic mass is 35.5. The number of anilines is 1. The van der Waals surface area contributed by atoms with Crippen molar-refractivity contribution in [3.63, 3.8) is 0 Å². The number of carbonyl (C=O) groups excluding carboxylic acids is 1. The van der Waals surface area contributed by atoms with E-state index in [0.717, 1.165) is 18.9 Å². The largest absolute Gasteiger partial charge is 0.480 e. The fraction of sp³-hybridized carbons (Fsp3) is 0.467. The van der Waals surface area contributed by atoms with E-state index in [1.807, 2.05) is 0 Å². The zero-order valence-corrected chi connectivity index (χ0v) is 15.2. The summed E-state index contributed by atoms with van der Waals surface area (Å²) in [4.78, 5) is 24.2. The van der Waals surface area contributed by atoms with Crippen LogP contribution >= 0.6 is 12.4 Å². The van der Waals surface area contributed by atoms with E-state index in [4.69, 9.17) is 0 Å². The highest BCUT2D eigenvalue weighted by Gasteiger charge is 2.31. The predicted octanol–water partition coefficient (Wildman–Crippen LogP) is 1.98. The maximum Gasteiger partial charge on any atom is 0.341 e. The first-order chi connectivity index (χ1) is 11.7. The van der Waals surface area contributed by atoms with Gasteiger partial charge in [-0.1, -0.05) is 18.6 Å². The van der Waals surface area contributed by atoms with Gasteiger partial charge in [-0.3, -0.25) is 14.5 Å². The minimum atomic E-state index is -4.87. The number of alkyl halides is 2. The van der Waals surface area contributed by atoms with E-state index in [0.29, 0.717) is 13.0 Å². The van der Waals surface area contributed by atoms with E-state index in [-0.39, 0.29) is 24.6 Å². The maximum atomic E-state index is 12.8. The SMILES string of the molecule is Cl.O=C(CN1CCCCC1C(=O)O)Nc1ccccc1S(=O)(=O)C(F)F. The average Bonchev–Trinajstić information content (AvgIpc) is 2.55. The molecule has 1 amide bonds. The van der Waals surface area contributed by atoms with Crippen molar-refractivity contribution in [1.29, 1.82) is 0 Å². The lowest BCUT2D eigenvalue weighted by molar-refractivity contribution is -0.145. The van der Waals surface area contributed by atoms with Gasteiger partial charge in [0, 0.05) is 0 Å². The lowest BCUT2D eigenvalue weighted by atomic mass is 10.0. The van der Waals surface area contributed by atoms with E-state index >= 15 is 0 Å². The molecule has 2 N–H and O–H groups in total. The number of carboxylic acids is 1. The van der Waals surface area contributed by atoms with Gasteiger partial charge in [-0.25, -0.2) is 8.42 Å². The monoisotopic (exact) mass is 412 g/mol. The van der Waals surface area contributed by atoms with Gasteiger partial charge in [0.25, 0.3) is 0 Å². The molecule has 1 aliphatic rings. The number of halogens is 3. The summed E-state index contributed by atoms with van der Waals surface area (Å²) in [7, 11) is -4.87. The Bertz CT molecular complexity index is 760. The number of benzene rings is 1. The molecule has 0 spiro atoms. The van der Waals surface area contributed by atoms with Crippen LogP contribution in [0.5, 0.6) is 0 Å². The third kappa shape index (κ3) is 5.12. The Balaban J connectivity index is 0.00000338. The number of hydrogen-bond acceptors (Lipinski definition) is 5. The molecule has 1 saturated heterocycles. The number of likely N-dealkylation sites (tertiary alicyclic amines) is 1. The van der Waals surface area contributed by atoms with Gasteiger partial charge in [0.1, 0.15) is 6.04 Å². The van der Waals surface area contributed by atoms with Gasteiger partial charge in [0.2, 0.25) is 15.7 Å². The summed E-state index contributed by atoms with van der Waals surface area (Å²) in [5, 5.41) is 11.5. The van der Waals surface area contributed by atoms with E-state index < -0.39 is 38.4 Å². The van der Waals surface area contributed by atoms with Crippen LogP contribution in [0.1, 0.15) is 19.3 Å². The standard InChI is InChI=1S/C15H18F2N2O5S.ClH/c16-15(17)25(23,24)12-7-2-1-5-10(12)18-13(20)9-19-8-4-3-6-11(19)14(21)22;/h1-2,5,7,11,15H,3-4,6,8-9H2,(H,18,20)(H,21,22);1H. The van der Waals surface area contributed by atoms with Crippen LogP contribution in [0.25, 0.3) is 0 Å². The molecular weight excluding hydrogens is 394 g/mol. The number of piperidine rings is 1. The van der Waals surface area contributed by atoms with Crippen LogP contribution in [0.4, 0.5) is 14.5 Å². The first-order valence-electron chi connectivity index (χ1n) is 7.61. The number of nitrogens with one attached hydrogen (secondary N) is 1. The van der Waals surface area contributed by atoms with Crippen molar-refractivity contribution in [3.8, 4) is 0 Å². The number of amides is 1. The van der Waals surface area contributed by atoms with Gasteiger partial charge in [0.15, 0.2) is 0 Å². The van der Waals surface area contributed by atoms with Crippen molar-refractivity contribution >= 4 is 39.8 Å². The summed E-state index contributed by atoms with van der Waals surface area (Å²) in [5.41, 5.74) is -0.253. The van der Waals surface area contributed by atoms with Gasteiger partial charge >= 0.3 is 11.7 Å². The number of para-hydroxylation sites is 1. The van der Waals surface area contributed by atoms with E-state index in [1.165, 1.54) is 23.1 Å². The second-order valence-corrected chi connectivity index (χ2v) is 7.56. The lowest BCUT2D eigenvalue weighted by Gasteiger charge is -2.32. The summed E-state index contributed by atoms with van der Waals surface area (Å²) >= 11 is 0. The Morgan fingerprint density at radius 1 is 1.27 bits per heavy atom. The average molecular weight is 413 g/mol. The number of carbonyl (C=O) groups is 2. The number of hydrogen-bond donors (Lipinski definition) is 2. The topological polar surface area (TPSA) is 104 Å². The van der Waals surface area contributed by atoms with Crippen molar-refractivity contribution in [3.05, 3.63) is 24.3 Å².